The molecule has 1 fully saturated rings. The molecule has 0 radical (unpaired) electrons. The van der Waals surface area contributed by atoms with Crippen LogP contribution in [-0.4, -0.2) is 58.4 Å². The fourth-order valence-electron chi connectivity index (χ4n) is 3.06. The monoisotopic (exact) mass is 387 g/mol. The zero-order chi connectivity index (χ0) is 18.8. The fourth-order valence-corrected chi connectivity index (χ4v) is 3.21. The van der Waals surface area contributed by atoms with E-state index < -0.39 is 5.97 Å². The van der Waals surface area contributed by atoms with Crippen LogP contribution in [0, 0.1) is 0 Å². The number of rotatable bonds is 4. The molecule has 1 saturated heterocycles. The van der Waals surface area contributed by atoms with E-state index in [4.69, 9.17) is 21.1 Å². The number of anilines is 1. The third kappa shape index (κ3) is 3.45. The van der Waals surface area contributed by atoms with Crippen molar-refractivity contribution in [2.45, 2.75) is 6.92 Å². The second-order valence-corrected chi connectivity index (χ2v) is 6.29. The number of hydrogen-bond acceptors (Lipinski definition) is 7. The van der Waals surface area contributed by atoms with Crippen molar-refractivity contribution >= 4 is 34.4 Å². The zero-order valence-electron chi connectivity index (χ0n) is 14.8. The van der Waals surface area contributed by atoms with Crippen LogP contribution in [0.5, 0.6) is 0 Å². The molecule has 8 nitrogen and oxygen atoms in total. The van der Waals surface area contributed by atoms with Crippen molar-refractivity contribution < 1.29 is 14.3 Å². The van der Waals surface area contributed by atoms with Gasteiger partial charge in [-0.05, 0) is 30.7 Å². The number of carbonyl (C=O) groups excluding carboxylic acids is 1. The topological polar surface area (TPSA) is 82.4 Å². The molecule has 4 rings (SSSR count). The number of morpholine rings is 1. The second kappa shape index (κ2) is 7.50. The van der Waals surface area contributed by atoms with E-state index in [9.17, 15) is 4.79 Å². The molecule has 2 aromatic heterocycles. The van der Waals surface area contributed by atoms with Crippen LogP contribution in [0.25, 0.3) is 16.9 Å². The van der Waals surface area contributed by atoms with Crippen molar-refractivity contribution in [3.8, 4) is 5.95 Å². The summed E-state index contributed by atoms with van der Waals surface area (Å²) >= 11 is 6.18. The Morgan fingerprint density at radius 2 is 1.93 bits per heavy atom. The molecule has 3 heterocycles. The molecule has 0 bridgehead atoms. The number of hydrogen-bond donors (Lipinski definition) is 0. The normalized spacial score (nSPS) is 14.5. The molecule has 1 aliphatic heterocycles. The van der Waals surface area contributed by atoms with Gasteiger partial charge in [-0.2, -0.15) is 15.0 Å². The minimum Gasteiger partial charge on any atom is -0.461 e. The van der Waals surface area contributed by atoms with Gasteiger partial charge in [-0.25, -0.2) is 4.79 Å². The van der Waals surface area contributed by atoms with Gasteiger partial charge in [-0.1, -0.05) is 18.2 Å². The highest BCUT2D eigenvalue weighted by molar-refractivity contribution is 6.28. The lowest BCUT2D eigenvalue weighted by molar-refractivity contribution is 0.0517. The van der Waals surface area contributed by atoms with Crippen molar-refractivity contribution in [1.29, 1.82) is 0 Å². The molecule has 0 N–H and O–H groups in total. The number of benzene rings is 1. The van der Waals surface area contributed by atoms with Gasteiger partial charge >= 0.3 is 5.97 Å². The molecule has 0 spiro atoms. The predicted molar refractivity (Wildman–Crippen MR) is 101 cm³/mol. The Labute approximate surface area is 160 Å². The average molecular weight is 388 g/mol. The van der Waals surface area contributed by atoms with Crippen LogP contribution in [0.3, 0.4) is 0 Å². The summed E-state index contributed by atoms with van der Waals surface area (Å²) in [5.74, 6) is 0.291. The molecule has 27 heavy (non-hydrogen) atoms. The van der Waals surface area contributed by atoms with E-state index in [1.807, 2.05) is 29.2 Å². The van der Waals surface area contributed by atoms with Crippen LogP contribution in [0.1, 0.15) is 17.4 Å². The number of para-hydroxylation sites is 1. The van der Waals surface area contributed by atoms with Crippen LogP contribution in [0.15, 0.2) is 30.3 Å². The lowest BCUT2D eigenvalue weighted by Crippen LogP contribution is -2.37. The van der Waals surface area contributed by atoms with Gasteiger partial charge in [-0.3, -0.25) is 4.57 Å². The van der Waals surface area contributed by atoms with Gasteiger partial charge in [-0.15, -0.1) is 0 Å². The number of ether oxygens (including phenoxy) is 2. The lowest BCUT2D eigenvalue weighted by atomic mass is 10.2. The highest BCUT2D eigenvalue weighted by atomic mass is 35.5. The molecule has 1 aromatic carbocycles. The lowest BCUT2D eigenvalue weighted by Gasteiger charge is -2.26. The van der Waals surface area contributed by atoms with Gasteiger partial charge in [0, 0.05) is 18.5 Å². The Kier molecular flexibility index (Phi) is 4.91. The van der Waals surface area contributed by atoms with E-state index in [0.29, 0.717) is 37.9 Å². The summed E-state index contributed by atoms with van der Waals surface area (Å²) in [5.41, 5.74) is 1.13. The molecule has 1 aliphatic rings. The van der Waals surface area contributed by atoms with Crippen LogP contribution in [-0.2, 0) is 9.47 Å². The van der Waals surface area contributed by atoms with Crippen LogP contribution >= 0.6 is 11.6 Å². The summed E-state index contributed by atoms with van der Waals surface area (Å²) in [7, 11) is 0. The molecule has 0 amide bonds. The van der Waals surface area contributed by atoms with Crippen molar-refractivity contribution in [3.63, 3.8) is 0 Å². The van der Waals surface area contributed by atoms with Crippen molar-refractivity contribution in [3.05, 3.63) is 41.3 Å². The summed E-state index contributed by atoms with van der Waals surface area (Å²) < 4.78 is 12.2. The van der Waals surface area contributed by atoms with E-state index >= 15 is 0 Å². The third-order valence-electron chi connectivity index (χ3n) is 4.27. The molecular formula is C18H18ClN5O3. The predicted octanol–water partition coefficient (Wildman–Crippen LogP) is 2.48. The average Bonchev–Trinajstić information content (AvgIpc) is 3.08. The van der Waals surface area contributed by atoms with Gasteiger partial charge in [0.05, 0.1) is 25.3 Å². The van der Waals surface area contributed by atoms with Gasteiger partial charge < -0.3 is 14.4 Å². The van der Waals surface area contributed by atoms with Crippen molar-refractivity contribution in [2.75, 3.05) is 37.8 Å². The zero-order valence-corrected chi connectivity index (χ0v) is 15.5. The molecule has 0 atom stereocenters. The van der Waals surface area contributed by atoms with Crippen LogP contribution in [0.2, 0.25) is 5.28 Å². The summed E-state index contributed by atoms with van der Waals surface area (Å²) in [6.07, 6.45) is 0. The maximum absolute atomic E-state index is 12.5. The standard InChI is InChI=1S/C18H18ClN5O3/c1-2-27-15(25)14-11-12-5-3-4-6-13(12)24(14)18-21-16(19)20-17(22-18)23-7-9-26-10-8-23/h3-6,11H,2,7-10H2,1H3. The quantitative estimate of drug-likeness (QED) is 0.636. The van der Waals surface area contributed by atoms with E-state index in [0.717, 1.165) is 10.9 Å². The minimum atomic E-state index is -0.446. The summed E-state index contributed by atoms with van der Waals surface area (Å²) in [5, 5.41) is 0.944. The highest BCUT2D eigenvalue weighted by Gasteiger charge is 2.22. The number of aromatic nitrogens is 4. The first-order valence-corrected chi connectivity index (χ1v) is 9.07. The number of nitrogens with zero attached hydrogens (tertiary/aromatic N) is 5. The SMILES string of the molecule is CCOC(=O)c1cc2ccccc2n1-c1nc(Cl)nc(N2CCOCC2)n1. The third-order valence-corrected chi connectivity index (χ3v) is 4.44. The Balaban J connectivity index is 1.87. The summed E-state index contributed by atoms with van der Waals surface area (Å²) in [4.78, 5) is 27.6. The van der Waals surface area contributed by atoms with Gasteiger partial charge in [0.15, 0.2) is 0 Å². The van der Waals surface area contributed by atoms with Crippen LogP contribution < -0.4 is 4.90 Å². The minimum absolute atomic E-state index is 0.0640. The molecule has 0 unspecified atom stereocenters. The fraction of sp³-hybridized carbons (Fsp3) is 0.333. The Morgan fingerprint density at radius 1 is 1.19 bits per heavy atom. The van der Waals surface area contributed by atoms with Crippen LogP contribution in [0.4, 0.5) is 5.95 Å². The molecule has 0 aliphatic carbocycles. The first kappa shape index (κ1) is 17.7. The first-order valence-electron chi connectivity index (χ1n) is 8.69. The summed E-state index contributed by atoms with van der Waals surface area (Å²) in [6, 6.07) is 9.37. The van der Waals surface area contributed by atoms with Gasteiger partial charge in [0.1, 0.15) is 5.69 Å². The maximum atomic E-state index is 12.5. The maximum Gasteiger partial charge on any atom is 0.355 e. The van der Waals surface area contributed by atoms with E-state index in [1.54, 1.807) is 17.6 Å². The van der Waals surface area contributed by atoms with E-state index in [1.165, 1.54) is 0 Å². The van der Waals surface area contributed by atoms with E-state index in [2.05, 4.69) is 15.0 Å². The van der Waals surface area contributed by atoms with Gasteiger partial charge in [0.2, 0.25) is 17.2 Å². The largest absolute Gasteiger partial charge is 0.461 e. The Morgan fingerprint density at radius 3 is 2.70 bits per heavy atom. The first-order chi connectivity index (χ1) is 13.2. The summed E-state index contributed by atoms with van der Waals surface area (Å²) in [6.45, 7) is 4.56. The number of fused-ring (bicyclic) bond motifs is 1. The van der Waals surface area contributed by atoms with Crippen molar-refractivity contribution in [2.24, 2.45) is 0 Å². The Hall–Kier alpha value is -2.71. The highest BCUT2D eigenvalue weighted by Crippen LogP contribution is 2.25. The van der Waals surface area contributed by atoms with Gasteiger partial charge in [0.25, 0.3) is 0 Å². The molecule has 140 valence electrons. The number of esters is 1. The molecule has 9 heteroatoms. The number of halogens is 1. The Bertz CT molecular complexity index is 984. The van der Waals surface area contributed by atoms with E-state index in [-0.39, 0.29) is 17.8 Å². The molecule has 0 saturated carbocycles. The smallest absolute Gasteiger partial charge is 0.355 e. The second-order valence-electron chi connectivity index (χ2n) is 5.95. The van der Waals surface area contributed by atoms with Crippen molar-refractivity contribution in [1.82, 2.24) is 19.5 Å². The molecular weight excluding hydrogens is 370 g/mol. The molecule has 3 aromatic rings. The number of carbonyl (C=O) groups is 1.